The van der Waals surface area contributed by atoms with E-state index in [1.807, 2.05) is 51.1 Å². The molecule has 150 valence electrons. The average molecular weight is 411 g/mol. The van der Waals surface area contributed by atoms with Gasteiger partial charge in [-0.05, 0) is 45.0 Å². The number of pyridine rings is 1. The Morgan fingerprint density at radius 1 is 0.931 bits per heavy atom. The topological polar surface area (TPSA) is 83.7 Å². The second-order valence-corrected chi connectivity index (χ2v) is 6.90. The van der Waals surface area contributed by atoms with Crippen LogP contribution in [0.4, 0.5) is 0 Å². The molecule has 29 heavy (non-hydrogen) atoms. The standard InChI is InChI=1S/C20H21N5O3S/c1-4-26-15-11-13(12-16(27-5-2)17(15)28-6-3)19-24-25-18(22-23-20(25)29-19)14-9-7-8-10-21-14/h7-12H,4-6H2,1-3H3. The van der Waals surface area contributed by atoms with E-state index in [1.165, 1.54) is 11.3 Å². The molecule has 0 N–H and O–H groups in total. The monoisotopic (exact) mass is 411 g/mol. The van der Waals surface area contributed by atoms with E-state index in [0.29, 0.717) is 53.5 Å². The van der Waals surface area contributed by atoms with Gasteiger partial charge in [0.15, 0.2) is 11.5 Å². The summed E-state index contributed by atoms with van der Waals surface area (Å²) in [5, 5.41) is 14.0. The summed E-state index contributed by atoms with van der Waals surface area (Å²) < 4.78 is 19.1. The molecular weight excluding hydrogens is 390 g/mol. The molecule has 3 heterocycles. The zero-order chi connectivity index (χ0) is 20.2. The van der Waals surface area contributed by atoms with Crippen LogP contribution in [0.15, 0.2) is 36.5 Å². The minimum absolute atomic E-state index is 0.518. The van der Waals surface area contributed by atoms with Crippen molar-refractivity contribution in [2.75, 3.05) is 19.8 Å². The molecule has 0 unspecified atom stereocenters. The number of hydrogen-bond acceptors (Lipinski definition) is 8. The third kappa shape index (κ3) is 3.73. The van der Waals surface area contributed by atoms with Crippen LogP contribution in [-0.2, 0) is 0 Å². The second-order valence-electron chi connectivity index (χ2n) is 5.94. The highest BCUT2D eigenvalue weighted by Crippen LogP contribution is 2.42. The largest absolute Gasteiger partial charge is 0.490 e. The SMILES string of the molecule is CCOc1cc(-c2nn3c(-c4ccccn4)nnc3s2)cc(OCC)c1OCC. The molecule has 3 aromatic heterocycles. The molecule has 0 atom stereocenters. The van der Waals surface area contributed by atoms with Gasteiger partial charge in [0.25, 0.3) is 0 Å². The number of nitrogens with zero attached hydrogens (tertiary/aromatic N) is 5. The lowest BCUT2D eigenvalue weighted by molar-refractivity contribution is 0.261. The van der Waals surface area contributed by atoms with Crippen molar-refractivity contribution in [3.05, 3.63) is 36.5 Å². The van der Waals surface area contributed by atoms with E-state index < -0.39 is 0 Å². The highest BCUT2D eigenvalue weighted by atomic mass is 32.1. The van der Waals surface area contributed by atoms with E-state index >= 15 is 0 Å². The van der Waals surface area contributed by atoms with E-state index in [2.05, 4.69) is 15.2 Å². The molecule has 4 aromatic rings. The van der Waals surface area contributed by atoms with Gasteiger partial charge in [0, 0.05) is 11.8 Å². The number of fused-ring (bicyclic) bond motifs is 1. The Bertz CT molecular complexity index is 1080. The quantitative estimate of drug-likeness (QED) is 0.431. The van der Waals surface area contributed by atoms with Gasteiger partial charge in [-0.3, -0.25) is 4.98 Å². The maximum Gasteiger partial charge on any atom is 0.235 e. The van der Waals surface area contributed by atoms with E-state index in [9.17, 15) is 0 Å². The van der Waals surface area contributed by atoms with E-state index in [4.69, 9.17) is 19.3 Å². The van der Waals surface area contributed by atoms with Gasteiger partial charge in [-0.25, -0.2) is 0 Å². The van der Waals surface area contributed by atoms with Crippen molar-refractivity contribution in [2.45, 2.75) is 20.8 Å². The smallest absolute Gasteiger partial charge is 0.235 e. The zero-order valence-electron chi connectivity index (χ0n) is 16.5. The van der Waals surface area contributed by atoms with Crippen molar-refractivity contribution in [1.82, 2.24) is 24.8 Å². The van der Waals surface area contributed by atoms with Crippen LogP contribution in [0.1, 0.15) is 20.8 Å². The molecule has 0 saturated heterocycles. The number of rotatable bonds is 8. The van der Waals surface area contributed by atoms with Crippen LogP contribution in [0.5, 0.6) is 17.2 Å². The molecule has 0 aliphatic heterocycles. The van der Waals surface area contributed by atoms with Gasteiger partial charge >= 0.3 is 0 Å². The molecule has 0 saturated carbocycles. The Balaban J connectivity index is 1.81. The van der Waals surface area contributed by atoms with Crippen LogP contribution >= 0.6 is 11.3 Å². The van der Waals surface area contributed by atoms with Gasteiger partial charge < -0.3 is 14.2 Å². The molecule has 0 amide bonds. The summed E-state index contributed by atoms with van der Waals surface area (Å²) in [6.07, 6.45) is 1.72. The highest BCUT2D eigenvalue weighted by molar-refractivity contribution is 7.19. The maximum absolute atomic E-state index is 5.81. The Hall–Kier alpha value is -3.20. The van der Waals surface area contributed by atoms with Crippen molar-refractivity contribution in [1.29, 1.82) is 0 Å². The summed E-state index contributed by atoms with van der Waals surface area (Å²) in [6, 6.07) is 9.49. The lowest BCUT2D eigenvalue weighted by atomic mass is 10.2. The summed E-state index contributed by atoms with van der Waals surface area (Å²) in [4.78, 5) is 5.03. The number of aromatic nitrogens is 5. The summed E-state index contributed by atoms with van der Waals surface area (Å²) in [5.41, 5.74) is 1.58. The Morgan fingerprint density at radius 2 is 1.66 bits per heavy atom. The Kier molecular flexibility index (Phi) is 5.57. The molecular formula is C20H21N5O3S. The van der Waals surface area contributed by atoms with Crippen LogP contribution in [-0.4, -0.2) is 44.6 Å². The highest BCUT2D eigenvalue weighted by Gasteiger charge is 2.20. The molecule has 0 spiro atoms. The van der Waals surface area contributed by atoms with Crippen LogP contribution in [0.2, 0.25) is 0 Å². The summed E-state index contributed by atoms with van der Waals surface area (Å²) in [7, 11) is 0. The van der Waals surface area contributed by atoms with Crippen LogP contribution in [0.25, 0.3) is 27.1 Å². The second kappa shape index (κ2) is 8.44. The number of hydrogen-bond donors (Lipinski definition) is 0. The normalized spacial score (nSPS) is 11.0. The minimum atomic E-state index is 0.518. The molecule has 8 nitrogen and oxygen atoms in total. The third-order valence-electron chi connectivity index (χ3n) is 4.04. The van der Waals surface area contributed by atoms with E-state index in [1.54, 1.807) is 10.7 Å². The van der Waals surface area contributed by atoms with Gasteiger partial charge in [0.05, 0.1) is 19.8 Å². The average Bonchev–Trinajstić information content (AvgIpc) is 3.32. The first-order valence-electron chi connectivity index (χ1n) is 9.45. The predicted octanol–water partition coefficient (Wildman–Crippen LogP) is 4.11. The third-order valence-corrected chi connectivity index (χ3v) is 4.99. The first-order chi connectivity index (χ1) is 14.2. The lowest BCUT2D eigenvalue weighted by Gasteiger charge is -2.16. The predicted molar refractivity (Wildman–Crippen MR) is 111 cm³/mol. The lowest BCUT2D eigenvalue weighted by Crippen LogP contribution is -2.03. The fourth-order valence-electron chi connectivity index (χ4n) is 2.90. The van der Waals surface area contributed by atoms with Gasteiger partial charge in [-0.1, -0.05) is 17.4 Å². The molecule has 4 rings (SSSR count). The molecule has 0 radical (unpaired) electrons. The summed E-state index contributed by atoms with van der Waals surface area (Å²) >= 11 is 1.44. The van der Waals surface area contributed by atoms with E-state index in [-0.39, 0.29) is 0 Å². The van der Waals surface area contributed by atoms with Crippen molar-refractivity contribution < 1.29 is 14.2 Å². The molecule has 9 heteroatoms. The molecule has 1 aromatic carbocycles. The first kappa shape index (κ1) is 19.1. The van der Waals surface area contributed by atoms with Gasteiger partial charge in [0.1, 0.15) is 10.7 Å². The maximum atomic E-state index is 5.81. The van der Waals surface area contributed by atoms with Crippen molar-refractivity contribution in [3.8, 4) is 39.3 Å². The summed E-state index contributed by atoms with van der Waals surface area (Å²) in [5.74, 6) is 2.47. The van der Waals surface area contributed by atoms with Crippen LogP contribution < -0.4 is 14.2 Å². The minimum Gasteiger partial charge on any atom is -0.490 e. The fourth-order valence-corrected chi connectivity index (χ4v) is 3.73. The Labute approximate surface area is 172 Å². The first-order valence-corrected chi connectivity index (χ1v) is 10.3. The van der Waals surface area contributed by atoms with Crippen molar-refractivity contribution in [3.63, 3.8) is 0 Å². The Morgan fingerprint density at radius 3 is 2.28 bits per heavy atom. The van der Waals surface area contributed by atoms with E-state index in [0.717, 1.165) is 10.6 Å². The molecule has 0 bridgehead atoms. The zero-order valence-corrected chi connectivity index (χ0v) is 17.3. The van der Waals surface area contributed by atoms with Gasteiger partial charge in [0.2, 0.25) is 16.5 Å². The fraction of sp³-hybridized carbons (Fsp3) is 0.300. The molecule has 0 fully saturated rings. The number of benzene rings is 1. The van der Waals surface area contributed by atoms with Gasteiger partial charge in [-0.2, -0.15) is 9.61 Å². The molecule has 0 aliphatic rings. The van der Waals surface area contributed by atoms with Gasteiger partial charge in [-0.15, -0.1) is 10.2 Å². The van der Waals surface area contributed by atoms with Crippen LogP contribution in [0, 0.1) is 0 Å². The van der Waals surface area contributed by atoms with Crippen molar-refractivity contribution in [2.24, 2.45) is 0 Å². The summed E-state index contributed by atoms with van der Waals surface area (Å²) in [6.45, 7) is 7.36. The van der Waals surface area contributed by atoms with Crippen molar-refractivity contribution >= 4 is 16.3 Å². The number of ether oxygens (including phenoxy) is 3. The molecule has 0 aliphatic carbocycles. The van der Waals surface area contributed by atoms with Crippen LogP contribution in [0.3, 0.4) is 0 Å².